The van der Waals surface area contributed by atoms with E-state index in [1.54, 1.807) is 0 Å². The number of rotatable bonds is 1. The summed E-state index contributed by atoms with van der Waals surface area (Å²) in [6.45, 7) is 4.96. The molecule has 0 aromatic carbocycles. The molecule has 0 bridgehead atoms. The van der Waals surface area contributed by atoms with Crippen LogP contribution in [0.4, 0.5) is 0 Å². The molecular weight excluding hydrogens is 120 g/mol. The van der Waals surface area contributed by atoms with Gasteiger partial charge in [0.1, 0.15) is 0 Å². The molecule has 0 aromatic rings. The van der Waals surface area contributed by atoms with Crippen LogP contribution in [0.3, 0.4) is 0 Å². The average Bonchev–Trinajstić information content (AvgIpc) is 1.61. The summed E-state index contributed by atoms with van der Waals surface area (Å²) in [5.41, 5.74) is 0. The fraction of sp³-hybridized carbons (Fsp3) is 0.500. The third-order valence-corrected chi connectivity index (χ3v) is 0.752. The van der Waals surface area contributed by atoms with Crippen LogP contribution in [0.25, 0.3) is 0 Å². The quantitative estimate of drug-likeness (QED) is 0.530. The van der Waals surface area contributed by atoms with E-state index in [0.717, 1.165) is 19.3 Å². The van der Waals surface area contributed by atoms with Crippen molar-refractivity contribution in [3.05, 3.63) is 12.7 Å². The van der Waals surface area contributed by atoms with Crippen LogP contribution >= 0.6 is 0 Å². The van der Waals surface area contributed by atoms with Crippen molar-refractivity contribution in [2.45, 2.75) is 6.42 Å². The summed E-state index contributed by atoms with van der Waals surface area (Å²) in [6.07, 6.45) is 2.11. The molecule has 3 nitrogen and oxygen atoms in total. The number of ether oxygens (including phenoxy) is 1. The van der Waals surface area contributed by atoms with E-state index >= 15 is 0 Å². The van der Waals surface area contributed by atoms with E-state index in [1.165, 1.54) is 6.42 Å². The Morgan fingerprint density at radius 3 is 1.89 bits per heavy atom. The topological polar surface area (TPSA) is 46.5 Å². The first-order chi connectivity index (χ1) is 4.27. The molecular formula is C6H10O3. The number of carboxylic acids is 1. The van der Waals surface area contributed by atoms with Crippen molar-refractivity contribution in [2.75, 3.05) is 13.2 Å². The summed E-state index contributed by atoms with van der Waals surface area (Å²) in [7, 11) is 0. The molecule has 0 amide bonds. The molecule has 52 valence electrons. The van der Waals surface area contributed by atoms with Crippen LogP contribution in [-0.2, 0) is 9.53 Å². The summed E-state index contributed by atoms with van der Waals surface area (Å²) in [4.78, 5) is 9.25. The first-order valence-electron chi connectivity index (χ1n) is 2.70. The van der Waals surface area contributed by atoms with Crippen molar-refractivity contribution in [1.29, 1.82) is 0 Å². The highest BCUT2D eigenvalue weighted by Crippen LogP contribution is 1.93. The van der Waals surface area contributed by atoms with Crippen molar-refractivity contribution in [3.8, 4) is 0 Å². The molecule has 0 saturated carbocycles. The highest BCUT2D eigenvalue weighted by atomic mass is 16.5. The van der Waals surface area contributed by atoms with E-state index in [1.807, 2.05) is 0 Å². The number of carbonyl (C=O) groups is 1. The largest absolute Gasteiger partial charge is 0.478 e. The molecule has 0 radical (unpaired) electrons. The minimum absolute atomic E-state index is 0.833. The fourth-order valence-electron chi connectivity index (χ4n) is 0.144. The van der Waals surface area contributed by atoms with Gasteiger partial charge < -0.3 is 9.84 Å². The second-order valence-corrected chi connectivity index (χ2v) is 1.51. The molecule has 1 aliphatic rings. The lowest BCUT2D eigenvalue weighted by Gasteiger charge is -2.09. The summed E-state index contributed by atoms with van der Waals surface area (Å²) in [5, 5.41) is 7.60. The number of carboxylic acid groups (broad SMARTS) is 1. The summed E-state index contributed by atoms with van der Waals surface area (Å²) >= 11 is 0. The van der Waals surface area contributed by atoms with Gasteiger partial charge in [0.2, 0.25) is 0 Å². The first kappa shape index (κ1) is 8.17. The Morgan fingerprint density at radius 1 is 1.67 bits per heavy atom. The molecule has 1 heterocycles. The Balaban J connectivity index is 0.000000144. The van der Waals surface area contributed by atoms with E-state index in [-0.39, 0.29) is 0 Å². The van der Waals surface area contributed by atoms with E-state index < -0.39 is 5.97 Å². The Morgan fingerprint density at radius 2 is 1.89 bits per heavy atom. The molecule has 0 spiro atoms. The SMILES string of the molecule is C1COC1.C=CC(=O)O. The molecule has 1 N–H and O–H groups in total. The lowest BCUT2D eigenvalue weighted by atomic mass is 10.4. The van der Waals surface area contributed by atoms with E-state index in [0.29, 0.717) is 0 Å². The van der Waals surface area contributed by atoms with E-state index in [2.05, 4.69) is 6.58 Å². The zero-order chi connectivity index (χ0) is 7.11. The van der Waals surface area contributed by atoms with Crippen LogP contribution in [0.15, 0.2) is 12.7 Å². The minimum Gasteiger partial charge on any atom is -0.478 e. The monoisotopic (exact) mass is 130 g/mol. The lowest BCUT2D eigenvalue weighted by Crippen LogP contribution is -2.09. The minimum atomic E-state index is -0.981. The predicted molar refractivity (Wildman–Crippen MR) is 33.3 cm³/mol. The van der Waals surface area contributed by atoms with Crippen molar-refractivity contribution in [3.63, 3.8) is 0 Å². The van der Waals surface area contributed by atoms with Gasteiger partial charge in [0.25, 0.3) is 0 Å². The zero-order valence-corrected chi connectivity index (χ0v) is 5.17. The molecule has 1 fully saturated rings. The third-order valence-electron chi connectivity index (χ3n) is 0.752. The molecule has 0 atom stereocenters. The first-order valence-corrected chi connectivity index (χ1v) is 2.70. The van der Waals surface area contributed by atoms with Crippen LogP contribution in [-0.4, -0.2) is 24.3 Å². The Hall–Kier alpha value is -0.830. The number of hydrogen-bond donors (Lipinski definition) is 1. The smallest absolute Gasteiger partial charge is 0.327 e. The molecule has 0 aliphatic carbocycles. The van der Waals surface area contributed by atoms with Gasteiger partial charge in [-0.1, -0.05) is 6.58 Å². The summed E-state index contributed by atoms with van der Waals surface area (Å²) in [6, 6.07) is 0. The molecule has 0 aromatic heterocycles. The second-order valence-electron chi connectivity index (χ2n) is 1.51. The van der Waals surface area contributed by atoms with Gasteiger partial charge >= 0.3 is 5.97 Å². The Bertz CT molecular complexity index is 90.5. The molecule has 3 heteroatoms. The lowest BCUT2D eigenvalue weighted by molar-refractivity contribution is -0.131. The van der Waals surface area contributed by atoms with Crippen molar-refractivity contribution < 1.29 is 14.6 Å². The maximum Gasteiger partial charge on any atom is 0.327 e. The fourth-order valence-corrected chi connectivity index (χ4v) is 0.144. The summed E-state index contributed by atoms with van der Waals surface area (Å²) < 4.78 is 4.72. The standard InChI is InChI=1S/C3H4O2.C3H6O/c1-2-3(4)5;1-2-4-3-1/h2H,1H2,(H,4,5);1-3H2. The molecule has 9 heavy (non-hydrogen) atoms. The number of aliphatic carboxylic acids is 1. The second kappa shape index (κ2) is 5.31. The van der Waals surface area contributed by atoms with Gasteiger partial charge in [0, 0.05) is 19.3 Å². The highest BCUT2D eigenvalue weighted by molar-refractivity contribution is 5.78. The van der Waals surface area contributed by atoms with Crippen molar-refractivity contribution >= 4 is 5.97 Å². The van der Waals surface area contributed by atoms with Gasteiger partial charge in [0.05, 0.1) is 0 Å². The van der Waals surface area contributed by atoms with Gasteiger partial charge in [-0.05, 0) is 6.42 Å². The molecule has 1 aliphatic heterocycles. The van der Waals surface area contributed by atoms with Gasteiger partial charge in [-0.25, -0.2) is 4.79 Å². The highest BCUT2D eigenvalue weighted by Gasteiger charge is 1.94. The van der Waals surface area contributed by atoms with Gasteiger partial charge in [-0.2, -0.15) is 0 Å². The Kier molecular flexibility index (Phi) is 4.82. The van der Waals surface area contributed by atoms with Crippen LogP contribution in [0, 0.1) is 0 Å². The Labute approximate surface area is 53.9 Å². The summed E-state index contributed by atoms with van der Waals surface area (Å²) in [5.74, 6) is -0.981. The number of hydrogen-bond acceptors (Lipinski definition) is 2. The van der Waals surface area contributed by atoms with E-state index in [9.17, 15) is 4.79 Å². The van der Waals surface area contributed by atoms with Gasteiger partial charge in [-0.3, -0.25) is 0 Å². The van der Waals surface area contributed by atoms with Crippen LogP contribution in [0.2, 0.25) is 0 Å². The molecule has 1 saturated heterocycles. The molecule has 0 unspecified atom stereocenters. The average molecular weight is 130 g/mol. The van der Waals surface area contributed by atoms with Crippen molar-refractivity contribution in [2.24, 2.45) is 0 Å². The predicted octanol–water partition coefficient (Wildman–Crippen LogP) is 0.664. The maximum atomic E-state index is 9.25. The zero-order valence-electron chi connectivity index (χ0n) is 5.17. The van der Waals surface area contributed by atoms with Crippen LogP contribution < -0.4 is 0 Å². The normalized spacial score (nSPS) is 14.2. The molecule has 1 rings (SSSR count). The maximum absolute atomic E-state index is 9.25. The van der Waals surface area contributed by atoms with Crippen LogP contribution in [0.1, 0.15) is 6.42 Å². The van der Waals surface area contributed by atoms with Crippen LogP contribution in [0.5, 0.6) is 0 Å². The van der Waals surface area contributed by atoms with Gasteiger partial charge in [-0.15, -0.1) is 0 Å². The third kappa shape index (κ3) is 7.17. The van der Waals surface area contributed by atoms with E-state index in [4.69, 9.17) is 9.84 Å². The van der Waals surface area contributed by atoms with Gasteiger partial charge in [0.15, 0.2) is 0 Å². The van der Waals surface area contributed by atoms with Crippen molar-refractivity contribution in [1.82, 2.24) is 0 Å².